The van der Waals surface area contributed by atoms with Crippen molar-refractivity contribution >= 4 is 17.5 Å². The Bertz CT molecular complexity index is 855. The predicted molar refractivity (Wildman–Crippen MR) is 92.8 cm³/mol. The van der Waals surface area contributed by atoms with Crippen molar-refractivity contribution in [1.29, 1.82) is 0 Å². The molecule has 0 N–H and O–H groups in total. The smallest absolute Gasteiger partial charge is 0.315 e. The van der Waals surface area contributed by atoms with E-state index in [9.17, 15) is 18.4 Å². The fourth-order valence-corrected chi connectivity index (χ4v) is 3.94. The van der Waals surface area contributed by atoms with Crippen molar-refractivity contribution in [2.24, 2.45) is 16.3 Å². The first-order valence-corrected chi connectivity index (χ1v) is 8.49. The van der Waals surface area contributed by atoms with Gasteiger partial charge in [0.15, 0.2) is 17.4 Å². The first-order valence-electron chi connectivity index (χ1n) is 8.49. The second kappa shape index (κ2) is 6.41. The van der Waals surface area contributed by atoms with Gasteiger partial charge in [0.25, 0.3) is 0 Å². The summed E-state index contributed by atoms with van der Waals surface area (Å²) >= 11 is 0. The van der Waals surface area contributed by atoms with E-state index in [0.29, 0.717) is 35.4 Å². The highest BCUT2D eigenvalue weighted by Crippen LogP contribution is 2.47. The molecule has 1 aromatic carbocycles. The van der Waals surface area contributed by atoms with Crippen LogP contribution in [0.25, 0.3) is 0 Å². The SMILES string of the molecule is COC(=O)C1C(C)=NC2=C(C(=O)CC(C)(C)C2)[C@H]1c1ccc(F)c(F)c1. The van der Waals surface area contributed by atoms with Gasteiger partial charge >= 0.3 is 5.97 Å². The van der Waals surface area contributed by atoms with Gasteiger partial charge in [0.2, 0.25) is 0 Å². The molecule has 1 aliphatic carbocycles. The first-order chi connectivity index (χ1) is 12.1. The van der Waals surface area contributed by atoms with Crippen LogP contribution >= 0.6 is 0 Å². The molecule has 1 aromatic rings. The van der Waals surface area contributed by atoms with Crippen LogP contribution in [0.2, 0.25) is 0 Å². The molecule has 0 amide bonds. The van der Waals surface area contributed by atoms with Crippen molar-refractivity contribution < 1.29 is 23.1 Å². The van der Waals surface area contributed by atoms with Gasteiger partial charge in [-0.1, -0.05) is 19.9 Å². The molecule has 26 heavy (non-hydrogen) atoms. The Balaban J connectivity index is 2.21. The van der Waals surface area contributed by atoms with E-state index >= 15 is 0 Å². The third kappa shape index (κ3) is 3.08. The minimum atomic E-state index is -1.02. The van der Waals surface area contributed by atoms with Crippen LogP contribution in [-0.4, -0.2) is 24.6 Å². The van der Waals surface area contributed by atoms with Gasteiger partial charge in [0, 0.05) is 29.3 Å². The summed E-state index contributed by atoms with van der Waals surface area (Å²) in [7, 11) is 1.26. The van der Waals surface area contributed by atoms with E-state index in [4.69, 9.17) is 4.74 Å². The maximum absolute atomic E-state index is 13.9. The quantitative estimate of drug-likeness (QED) is 0.750. The monoisotopic (exact) mass is 361 g/mol. The van der Waals surface area contributed by atoms with Crippen molar-refractivity contribution in [3.63, 3.8) is 0 Å². The van der Waals surface area contributed by atoms with E-state index in [2.05, 4.69) is 4.99 Å². The van der Waals surface area contributed by atoms with Crippen molar-refractivity contribution in [3.05, 3.63) is 46.7 Å². The molecule has 1 aliphatic heterocycles. The average molecular weight is 361 g/mol. The molecule has 0 bridgehead atoms. The standard InChI is InChI=1S/C20H21F2NO3/c1-10-16(19(25)26-4)17(11-5-6-12(21)13(22)7-11)18-14(23-10)8-20(2,3)9-15(18)24/h5-7,16-17H,8-9H2,1-4H3/t16?,17-/m0/s1. The maximum atomic E-state index is 13.9. The van der Waals surface area contributed by atoms with Crippen LogP contribution in [0, 0.1) is 23.0 Å². The van der Waals surface area contributed by atoms with Crippen LogP contribution in [0.3, 0.4) is 0 Å². The summed E-state index contributed by atoms with van der Waals surface area (Å²) in [6, 6.07) is 3.47. The lowest BCUT2D eigenvalue weighted by atomic mass is 9.67. The number of nitrogens with zero attached hydrogens (tertiary/aromatic N) is 1. The number of Topliss-reactive ketones (excluding diaryl/α,β-unsaturated/α-hetero) is 1. The Kier molecular flexibility index (Phi) is 4.54. The number of hydrogen-bond acceptors (Lipinski definition) is 4. The lowest BCUT2D eigenvalue weighted by molar-refractivity contribution is -0.143. The van der Waals surface area contributed by atoms with Gasteiger partial charge in [-0.15, -0.1) is 0 Å². The van der Waals surface area contributed by atoms with Crippen LogP contribution in [0.15, 0.2) is 34.5 Å². The van der Waals surface area contributed by atoms with Crippen molar-refractivity contribution in [1.82, 2.24) is 0 Å². The Morgan fingerprint density at radius 2 is 1.92 bits per heavy atom. The Hall–Kier alpha value is -2.37. The number of allylic oxidation sites excluding steroid dienone is 2. The van der Waals surface area contributed by atoms with E-state index in [1.807, 2.05) is 13.8 Å². The summed E-state index contributed by atoms with van der Waals surface area (Å²) in [6.45, 7) is 5.67. The second-order valence-corrected chi connectivity index (χ2v) is 7.71. The molecule has 6 heteroatoms. The first kappa shape index (κ1) is 18.4. The van der Waals surface area contributed by atoms with Gasteiger partial charge in [-0.05, 0) is 36.5 Å². The summed E-state index contributed by atoms with van der Waals surface area (Å²) in [6.07, 6.45) is 0.897. The van der Waals surface area contributed by atoms with E-state index in [1.165, 1.54) is 13.2 Å². The molecular weight excluding hydrogens is 340 g/mol. The predicted octanol–water partition coefficient (Wildman–Crippen LogP) is 3.96. The molecule has 0 radical (unpaired) electrons. The number of benzene rings is 1. The molecule has 3 rings (SSSR count). The van der Waals surface area contributed by atoms with Crippen molar-refractivity contribution in [3.8, 4) is 0 Å². The van der Waals surface area contributed by atoms with E-state index < -0.39 is 29.4 Å². The maximum Gasteiger partial charge on any atom is 0.315 e. The van der Waals surface area contributed by atoms with Gasteiger partial charge in [-0.2, -0.15) is 0 Å². The Morgan fingerprint density at radius 1 is 1.23 bits per heavy atom. The van der Waals surface area contributed by atoms with Crippen LogP contribution < -0.4 is 0 Å². The van der Waals surface area contributed by atoms with Crippen LogP contribution in [0.5, 0.6) is 0 Å². The average Bonchev–Trinajstić information content (AvgIpc) is 2.54. The molecule has 138 valence electrons. The Morgan fingerprint density at radius 3 is 2.54 bits per heavy atom. The zero-order valence-electron chi connectivity index (χ0n) is 15.2. The molecule has 0 saturated carbocycles. The van der Waals surface area contributed by atoms with Gasteiger partial charge in [-0.3, -0.25) is 14.6 Å². The number of esters is 1. The van der Waals surface area contributed by atoms with Gasteiger partial charge in [0.05, 0.1) is 7.11 Å². The summed E-state index contributed by atoms with van der Waals surface area (Å²) in [4.78, 5) is 29.8. The van der Waals surface area contributed by atoms with Gasteiger partial charge < -0.3 is 4.74 Å². The molecule has 2 aliphatic rings. The minimum absolute atomic E-state index is 0.115. The highest BCUT2D eigenvalue weighted by atomic mass is 19.2. The van der Waals surface area contributed by atoms with Crippen LogP contribution in [-0.2, 0) is 14.3 Å². The number of aliphatic imine (C=N–C) groups is 1. The molecule has 1 unspecified atom stereocenters. The lowest BCUT2D eigenvalue weighted by Crippen LogP contribution is -2.39. The molecular formula is C20H21F2NO3. The third-order valence-electron chi connectivity index (χ3n) is 5.06. The highest BCUT2D eigenvalue weighted by molar-refractivity contribution is 6.09. The summed E-state index contributed by atoms with van der Waals surface area (Å²) in [5.74, 6) is -4.23. The summed E-state index contributed by atoms with van der Waals surface area (Å²) < 4.78 is 32.2. The zero-order valence-corrected chi connectivity index (χ0v) is 15.2. The van der Waals surface area contributed by atoms with E-state index in [0.717, 1.165) is 12.1 Å². The molecule has 0 fully saturated rings. The largest absolute Gasteiger partial charge is 0.468 e. The van der Waals surface area contributed by atoms with Gasteiger partial charge in [0.1, 0.15) is 5.92 Å². The second-order valence-electron chi connectivity index (χ2n) is 7.71. The van der Waals surface area contributed by atoms with E-state index in [-0.39, 0.29) is 11.2 Å². The highest BCUT2D eigenvalue weighted by Gasteiger charge is 2.46. The van der Waals surface area contributed by atoms with Crippen LogP contribution in [0.1, 0.15) is 45.1 Å². The fraction of sp³-hybridized carbons (Fsp3) is 0.450. The fourth-order valence-electron chi connectivity index (χ4n) is 3.94. The van der Waals surface area contributed by atoms with Gasteiger partial charge in [-0.25, -0.2) is 8.78 Å². The number of halogens is 2. The topological polar surface area (TPSA) is 55.7 Å². The number of ketones is 1. The third-order valence-corrected chi connectivity index (χ3v) is 5.06. The zero-order chi connectivity index (χ0) is 19.2. The van der Waals surface area contributed by atoms with Crippen molar-refractivity contribution in [2.75, 3.05) is 7.11 Å². The molecule has 0 saturated heterocycles. The van der Waals surface area contributed by atoms with Crippen LogP contribution in [0.4, 0.5) is 8.78 Å². The minimum Gasteiger partial charge on any atom is -0.468 e. The number of rotatable bonds is 2. The number of carbonyl (C=O) groups is 2. The molecule has 0 aromatic heterocycles. The number of methoxy groups -OCH3 is 1. The van der Waals surface area contributed by atoms with Crippen molar-refractivity contribution in [2.45, 2.75) is 39.5 Å². The number of hydrogen-bond donors (Lipinski definition) is 0. The molecule has 2 atom stereocenters. The Labute approximate surface area is 151 Å². The lowest BCUT2D eigenvalue weighted by Gasteiger charge is -2.38. The van der Waals surface area contributed by atoms with E-state index in [1.54, 1.807) is 6.92 Å². The normalized spacial score (nSPS) is 24.8. The summed E-state index contributed by atoms with van der Waals surface area (Å²) in [5, 5.41) is 0. The number of carbonyl (C=O) groups excluding carboxylic acids is 2. The molecule has 0 spiro atoms. The molecule has 1 heterocycles. The molecule has 4 nitrogen and oxygen atoms in total. The summed E-state index contributed by atoms with van der Waals surface area (Å²) in [5.41, 5.74) is 1.68. The number of ether oxygens (including phenoxy) is 1.